The number of primary amides is 1. The summed E-state index contributed by atoms with van der Waals surface area (Å²) in [5.74, 6) is 0.0836. The number of nitrogens with one attached hydrogen (secondary N) is 1. The molecule has 0 radical (unpaired) electrons. The Hall–Kier alpha value is -2.59. The number of aryl methyl sites for hydroxylation is 2. The van der Waals surface area contributed by atoms with Crippen molar-refractivity contribution in [1.29, 1.82) is 0 Å². The van der Waals surface area contributed by atoms with E-state index in [2.05, 4.69) is 5.32 Å². The molecule has 8 nitrogen and oxygen atoms in total. The molecule has 3 aromatic rings. The zero-order valence-electron chi connectivity index (χ0n) is 15.8. The SMILES string of the molecule is CC(Sc1nc2sc3c(c2c(=O)n1Cc1ccco1)CCCC3)C(=O)NC(N)=O. The van der Waals surface area contributed by atoms with Crippen LogP contribution in [0.2, 0.25) is 0 Å². The number of thiophene rings is 1. The van der Waals surface area contributed by atoms with E-state index in [9.17, 15) is 14.4 Å². The monoisotopic (exact) mass is 432 g/mol. The third-order valence-electron chi connectivity index (χ3n) is 4.83. The lowest BCUT2D eigenvalue weighted by atomic mass is 9.97. The minimum atomic E-state index is -0.912. The maximum absolute atomic E-state index is 13.4. The van der Waals surface area contributed by atoms with Crippen molar-refractivity contribution in [2.45, 2.75) is 49.6 Å². The van der Waals surface area contributed by atoms with Crippen molar-refractivity contribution in [2.24, 2.45) is 5.73 Å². The fourth-order valence-corrected chi connectivity index (χ4v) is 5.65. The summed E-state index contributed by atoms with van der Waals surface area (Å²) in [6, 6.07) is 2.64. The van der Waals surface area contributed by atoms with E-state index in [4.69, 9.17) is 15.1 Å². The third-order valence-corrected chi connectivity index (χ3v) is 7.11. The van der Waals surface area contributed by atoms with Crippen molar-refractivity contribution in [3.05, 3.63) is 45.0 Å². The number of nitrogens with zero attached hydrogens (tertiary/aromatic N) is 2. The topological polar surface area (TPSA) is 120 Å². The van der Waals surface area contributed by atoms with Crippen LogP contribution in [0.1, 0.15) is 36.0 Å². The normalized spacial score (nSPS) is 14.5. The molecular formula is C19H20N4O4S2. The Morgan fingerprint density at radius 1 is 1.41 bits per heavy atom. The Morgan fingerprint density at radius 3 is 2.93 bits per heavy atom. The summed E-state index contributed by atoms with van der Waals surface area (Å²) in [7, 11) is 0. The van der Waals surface area contributed by atoms with E-state index >= 15 is 0 Å². The Balaban J connectivity index is 1.79. The van der Waals surface area contributed by atoms with Gasteiger partial charge in [0.25, 0.3) is 5.56 Å². The van der Waals surface area contributed by atoms with Crippen LogP contribution in [0, 0.1) is 0 Å². The van der Waals surface area contributed by atoms with Gasteiger partial charge in [-0.1, -0.05) is 11.8 Å². The number of aromatic nitrogens is 2. The molecule has 3 aromatic heterocycles. The zero-order valence-corrected chi connectivity index (χ0v) is 17.4. The Kier molecular flexibility index (Phi) is 5.46. The minimum absolute atomic E-state index is 0.129. The van der Waals surface area contributed by atoms with Crippen LogP contribution in [-0.4, -0.2) is 26.7 Å². The standard InChI is InChI=1S/C19H20N4O4S2/c1-10(15(24)21-18(20)26)28-19-22-16-14(12-6-2-3-7-13(12)29-16)17(25)23(19)9-11-5-4-8-27-11/h4-5,8,10H,2-3,6-7,9H2,1H3,(H3,20,21,24,26). The number of urea groups is 1. The van der Waals surface area contributed by atoms with Gasteiger partial charge in [0, 0.05) is 4.88 Å². The Bertz CT molecular complexity index is 1130. The van der Waals surface area contributed by atoms with Crippen LogP contribution in [0.15, 0.2) is 32.8 Å². The molecule has 0 bridgehead atoms. The van der Waals surface area contributed by atoms with Gasteiger partial charge in [0.05, 0.1) is 23.4 Å². The number of fused-ring (bicyclic) bond motifs is 3. The van der Waals surface area contributed by atoms with Crippen LogP contribution in [0.3, 0.4) is 0 Å². The maximum Gasteiger partial charge on any atom is 0.318 e. The molecule has 0 saturated carbocycles. The summed E-state index contributed by atoms with van der Waals surface area (Å²) < 4.78 is 6.97. The van der Waals surface area contributed by atoms with Gasteiger partial charge in [-0.05, 0) is 50.3 Å². The fourth-order valence-electron chi connectivity index (χ4n) is 3.44. The number of nitrogens with two attached hydrogens (primary N) is 1. The van der Waals surface area contributed by atoms with E-state index in [0.717, 1.165) is 43.0 Å². The number of imide groups is 1. The number of carbonyl (C=O) groups excluding carboxylic acids is 2. The van der Waals surface area contributed by atoms with Crippen LogP contribution >= 0.6 is 23.1 Å². The highest BCUT2D eigenvalue weighted by Gasteiger charge is 2.25. The first-order chi connectivity index (χ1) is 13.9. The van der Waals surface area contributed by atoms with Gasteiger partial charge in [-0.2, -0.15) is 0 Å². The van der Waals surface area contributed by atoms with Crippen molar-refractivity contribution >= 4 is 45.3 Å². The van der Waals surface area contributed by atoms with E-state index in [1.807, 2.05) is 0 Å². The summed E-state index contributed by atoms with van der Waals surface area (Å²) in [5.41, 5.74) is 6.02. The van der Waals surface area contributed by atoms with Gasteiger partial charge in [-0.3, -0.25) is 19.5 Å². The van der Waals surface area contributed by atoms with Crippen molar-refractivity contribution in [1.82, 2.24) is 14.9 Å². The van der Waals surface area contributed by atoms with Crippen LogP contribution in [0.5, 0.6) is 0 Å². The number of amides is 3. The van der Waals surface area contributed by atoms with Gasteiger partial charge in [0.2, 0.25) is 5.91 Å². The highest BCUT2D eigenvalue weighted by molar-refractivity contribution is 8.00. The molecule has 1 aliphatic rings. The number of furan rings is 1. The number of hydrogen-bond acceptors (Lipinski definition) is 7. The Morgan fingerprint density at radius 2 is 2.21 bits per heavy atom. The molecule has 10 heteroatoms. The maximum atomic E-state index is 13.4. The summed E-state index contributed by atoms with van der Waals surface area (Å²) in [5, 5.41) is 2.49. The van der Waals surface area contributed by atoms with Crippen molar-refractivity contribution in [3.8, 4) is 0 Å². The van der Waals surface area contributed by atoms with Crippen LogP contribution in [0.25, 0.3) is 10.2 Å². The number of rotatable bonds is 5. The van der Waals surface area contributed by atoms with Gasteiger partial charge in [-0.25, -0.2) is 9.78 Å². The summed E-state index contributed by atoms with van der Waals surface area (Å²) >= 11 is 2.67. The molecule has 1 unspecified atom stereocenters. The minimum Gasteiger partial charge on any atom is -0.467 e. The quantitative estimate of drug-likeness (QED) is 0.472. The molecular weight excluding hydrogens is 412 g/mol. The lowest BCUT2D eigenvalue weighted by Crippen LogP contribution is -2.39. The number of thioether (sulfide) groups is 1. The first kappa shape index (κ1) is 19.7. The summed E-state index contributed by atoms with van der Waals surface area (Å²) in [6.45, 7) is 1.85. The molecule has 0 aromatic carbocycles. The summed E-state index contributed by atoms with van der Waals surface area (Å²) in [6.07, 6.45) is 5.59. The van der Waals surface area contributed by atoms with E-state index in [1.54, 1.807) is 41.2 Å². The fraction of sp³-hybridized carbons (Fsp3) is 0.368. The molecule has 152 valence electrons. The molecule has 0 aliphatic heterocycles. The molecule has 29 heavy (non-hydrogen) atoms. The van der Waals surface area contributed by atoms with E-state index in [1.165, 1.54) is 4.88 Å². The van der Waals surface area contributed by atoms with Crippen LogP contribution in [-0.2, 0) is 24.2 Å². The predicted molar refractivity (Wildman–Crippen MR) is 111 cm³/mol. The largest absolute Gasteiger partial charge is 0.467 e. The van der Waals surface area contributed by atoms with Crippen LogP contribution in [0.4, 0.5) is 4.79 Å². The zero-order chi connectivity index (χ0) is 20.5. The van der Waals surface area contributed by atoms with E-state index in [-0.39, 0.29) is 12.1 Å². The molecule has 3 heterocycles. The molecule has 0 fully saturated rings. The van der Waals surface area contributed by atoms with Crippen LogP contribution < -0.4 is 16.6 Å². The van der Waals surface area contributed by atoms with Gasteiger partial charge in [0.1, 0.15) is 10.6 Å². The van der Waals surface area contributed by atoms with E-state index < -0.39 is 17.2 Å². The number of carbonyl (C=O) groups is 2. The molecule has 4 rings (SSSR count). The second kappa shape index (κ2) is 8.03. The number of hydrogen-bond donors (Lipinski definition) is 2. The van der Waals surface area contributed by atoms with Gasteiger partial charge in [0.15, 0.2) is 5.16 Å². The average Bonchev–Trinajstić information content (AvgIpc) is 3.31. The highest BCUT2D eigenvalue weighted by atomic mass is 32.2. The first-order valence-corrected chi connectivity index (χ1v) is 11.0. The van der Waals surface area contributed by atoms with Crippen molar-refractivity contribution in [2.75, 3.05) is 0 Å². The van der Waals surface area contributed by atoms with Gasteiger partial charge >= 0.3 is 6.03 Å². The van der Waals surface area contributed by atoms with Crippen molar-refractivity contribution in [3.63, 3.8) is 0 Å². The molecule has 1 atom stereocenters. The summed E-state index contributed by atoms with van der Waals surface area (Å²) in [4.78, 5) is 43.2. The smallest absolute Gasteiger partial charge is 0.318 e. The second-order valence-electron chi connectivity index (χ2n) is 6.87. The second-order valence-corrected chi connectivity index (χ2v) is 9.26. The first-order valence-electron chi connectivity index (χ1n) is 9.28. The molecule has 1 aliphatic carbocycles. The lowest BCUT2D eigenvalue weighted by molar-refractivity contribution is -0.119. The van der Waals surface area contributed by atoms with Gasteiger partial charge < -0.3 is 10.2 Å². The van der Waals surface area contributed by atoms with Gasteiger partial charge in [-0.15, -0.1) is 11.3 Å². The van der Waals surface area contributed by atoms with E-state index in [0.29, 0.717) is 21.1 Å². The highest BCUT2D eigenvalue weighted by Crippen LogP contribution is 2.35. The molecule has 0 spiro atoms. The predicted octanol–water partition coefficient (Wildman–Crippen LogP) is 2.65. The molecule has 3 N–H and O–H groups in total. The third kappa shape index (κ3) is 3.95. The average molecular weight is 433 g/mol. The lowest BCUT2D eigenvalue weighted by Gasteiger charge is -2.15. The van der Waals surface area contributed by atoms with Crippen molar-refractivity contribution < 1.29 is 14.0 Å². The Labute approximate surface area is 174 Å². The molecule has 3 amide bonds. The molecule has 0 saturated heterocycles.